The Balaban J connectivity index is 2.42. The van der Waals surface area contributed by atoms with Gasteiger partial charge in [0.05, 0.1) is 25.5 Å². The molecule has 116 valence electrons. The standard InChI is InChI=1S/C17H19NO4/c1-4-22-10-9-14(17(20)21-3)16(19)18-11-12(2)13-7-5-6-8-15(13)18/h5-11,14H,4H2,1-3H3/b10-9+. The summed E-state index contributed by atoms with van der Waals surface area (Å²) in [5, 5.41) is 0.980. The summed E-state index contributed by atoms with van der Waals surface area (Å²) in [6.07, 6.45) is 4.51. The number of hydrogen-bond donors (Lipinski definition) is 0. The minimum atomic E-state index is -1.04. The number of ether oxygens (including phenoxy) is 2. The molecular formula is C17H19NO4. The van der Waals surface area contributed by atoms with E-state index in [4.69, 9.17) is 9.47 Å². The number of benzene rings is 1. The lowest BCUT2D eigenvalue weighted by atomic mass is 10.1. The van der Waals surface area contributed by atoms with E-state index in [1.54, 1.807) is 6.20 Å². The van der Waals surface area contributed by atoms with Crippen LogP contribution >= 0.6 is 0 Å². The molecule has 0 amide bonds. The molecule has 1 aromatic carbocycles. The molecule has 1 unspecified atom stereocenters. The van der Waals surface area contributed by atoms with Crippen LogP contribution in [0.4, 0.5) is 0 Å². The largest absolute Gasteiger partial charge is 0.502 e. The first-order valence-corrected chi connectivity index (χ1v) is 7.07. The first kappa shape index (κ1) is 15.8. The molecule has 22 heavy (non-hydrogen) atoms. The van der Waals surface area contributed by atoms with Crippen LogP contribution in [-0.4, -0.2) is 30.2 Å². The third kappa shape index (κ3) is 3.03. The molecule has 0 saturated heterocycles. The summed E-state index contributed by atoms with van der Waals surface area (Å²) in [7, 11) is 1.26. The van der Waals surface area contributed by atoms with Gasteiger partial charge in [-0.1, -0.05) is 18.2 Å². The van der Waals surface area contributed by atoms with Gasteiger partial charge in [-0.25, -0.2) is 0 Å². The maximum atomic E-state index is 12.7. The average molecular weight is 301 g/mol. The fourth-order valence-electron chi connectivity index (χ4n) is 2.30. The lowest BCUT2D eigenvalue weighted by Crippen LogP contribution is -2.28. The van der Waals surface area contributed by atoms with E-state index in [0.717, 1.165) is 16.5 Å². The van der Waals surface area contributed by atoms with Crippen molar-refractivity contribution >= 4 is 22.8 Å². The molecule has 1 aromatic heterocycles. The van der Waals surface area contributed by atoms with Crippen LogP contribution in [-0.2, 0) is 14.3 Å². The highest BCUT2D eigenvalue weighted by Crippen LogP contribution is 2.22. The van der Waals surface area contributed by atoms with Crippen molar-refractivity contribution in [3.05, 3.63) is 48.4 Å². The van der Waals surface area contributed by atoms with E-state index < -0.39 is 11.9 Å². The van der Waals surface area contributed by atoms with E-state index in [-0.39, 0.29) is 5.91 Å². The predicted molar refractivity (Wildman–Crippen MR) is 83.6 cm³/mol. The summed E-state index contributed by atoms with van der Waals surface area (Å²) >= 11 is 0. The summed E-state index contributed by atoms with van der Waals surface area (Å²) in [6, 6.07) is 7.56. The zero-order chi connectivity index (χ0) is 16.1. The highest BCUT2D eigenvalue weighted by molar-refractivity contribution is 6.05. The van der Waals surface area contributed by atoms with Crippen molar-refractivity contribution in [1.82, 2.24) is 4.57 Å². The molecule has 1 atom stereocenters. The second kappa shape index (κ2) is 6.93. The number of aryl methyl sites for hydroxylation is 1. The van der Waals surface area contributed by atoms with E-state index in [0.29, 0.717) is 6.61 Å². The van der Waals surface area contributed by atoms with Gasteiger partial charge < -0.3 is 9.47 Å². The Morgan fingerprint density at radius 2 is 2.05 bits per heavy atom. The molecule has 2 rings (SSSR count). The van der Waals surface area contributed by atoms with Gasteiger partial charge in [0, 0.05) is 11.6 Å². The van der Waals surface area contributed by atoms with Gasteiger partial charge in [-0.3, -0.25) is 14.2 Å². The van der Waals surface area contributed by atoms with Gasteiger partial charge in [0.1, 0.15) is 0 Å². The number of esters is 1. The van der Waals surface area contributed by atoms with E-state index in [1.165, 1.54) is 24.0 Å². The topological polar surface area (TPSA) is 57.5 Å². The van der Waals surface area contributed by atoms with Crippen molar-refractivity contribution in [3.63, 3.8) is 0 Å². The number of nitrogens with zero attached hydrogens (tertiary/aromatic N) is 1. The van der Waals surface area contributed by atoms with Gasteiger partial charge in [-0.2, -0.15) is 0 Å². The molecule has 5 nitrogen and oxygen atoms in total. The summed E-state index contributed by atoms with van der Waals surface area (Å²) < 4.78 is 11.3. The summed E-state index contributed by atoms with van der Waals surface area (Å²) in [5.41, 5.74) is 1.74. The Bertz CT molecular complexity index is 715. The molecule has 0 aliphatic heterocycles. The molecule has 0 N–H and O–H groups in total. The lowest BCUT2D eigenvalue weighted by Gasteiger charge is -2.11. The first-order chi connectivity index (χ1) is 10.6. The molecule has 5 heteroatoms. The van der Waals surface area contributed by atoms with Gasteiger partial charge in [0.25, 0.3) is 0 Å². The van der Waals surface area contributed by atoms with Crippen molar-refractivity contribution in [2.75, 3.05) is 13.7 Å². The number of aromatic nitrogens is 1. The fourth-order valence-corrected chi connectivity index (χ4v) is 2.30. The minimum Gasteiger partial charge on any atom is -0.502 e. The zero-order valence-electron chi connectivity index (χ0n) is 12.9. The second-order valence-corrected chi connectivity index (χ2v) is 4.82. The van der Waals surface area contributed by atoms with E-state index >= 15 is 0 Å². The average Bonchev–Trinajstić information content (AvgIpc) is 2.88. The Morgan fingerprint density at radius 1 is 1.32 bits per heavy atom. The molecule has 0 aliphatic carbocycles. The molecule has 0 fully saturated rings. The molecule has 0 bridgehead atoms. The number of methoxy groups -OCH3 is 1. The van der Waals surface area contributed by atoms with Crippen LogP contribution in [0.2, 0.25) is 0 Å². The number of rotatable bonds is 5. The maximum Gasteiger partial charge on any atom is 0.322 e. The van der Waals surface area contributed by atoms with Gasteiger partial charge in [-0.05, 0) is 31.6 Å². The van der Waals surface area contributed by atoms with Crippen molar-refractivity contribution in [2.45, 2.75) is 13.8 Å². The van der Waals surface area contributed by atoms with Crippen LogP contribution in [0.25, 0.3) is 10.9 Å². The number of fused-ring (bicyclic) bond motifs is 1. The molecule has 2 aromatic rings. The number of carbonyl (C=O) groups excluding carboxylic acids is 2. The Labute approximate surface area is 129 Å². The smallest absolute Gasteiger partial charge is 0.322 e. The van der Waals surface area contributed by atoms with E-state index in [2.05, 4.69) is 0 Å². The van der Waals surface area contributed by atoms with Crippen LogP contribution in [0, 0.1) is 12.8 Å². The molecule has 0 radical (unpaired) electrons. The van der Waals surface area contributed by atoms with Crippen LogP contribution < -0.4 is 0 Å². The molecule has 0 aliphatic rings. The molecule has 0 spiro atoms. The number of carbonyl (C=O) groups is 2. The van der Waals surface area contributed by atoms with Crippen LogP contribution in [0.15, 0.2) is 42.8 Å². The predicted octanol–water partition coefficient (Wildman–Crippen LogP) is 2.93. The zero-order valence-corrected chi connectivity index (χ0v) is 12.9. The van der Waals surface area contributed by atoms with Crippen molar-refractivity contribution in [3.8, 4) is 0 Å². The third-order valence-corrected chi connectivity index (χ3v) is 3.40. The van der Waals surface area contributed by atoms with E-state index in [1.807, 2.05) is 38.1 Å². The van der Waals surface area contributed by atoms with Crippen molar-refractivity contribution in [2.24, 2.45) is 5.92 Å². The number of hydrogen-bond acceptors (Lipinski definition) is 4. The highest BCUT2D eigenvalue weighted by Gasteiger charge is 2.27. The van der Waals surface area contributed by atoms with Crippen LogP contribution in [0.3, 0.4) is 0 Å². The number of para-hydroxylation sites is 1. The quantitative estimate of drug-likeness (QED) is 0.484. The van der Waals surface area contributed by atoms with Gasteiger partial charge >= 0.3 is 5.97 Å². The van der Waals surface area contributed by atoms with Crippen molar-refractivity contribution in [1.29, 1.82) is 0 Å². The summed E-state index contributed by atoms with van der Waals surface area (Å²) in [4.78, 5) is 24.6. The van der Waals surface area contributed by atoms with Gasteiger partial charge in [0.2, 0.25) is 5.91 Å². The summed E-state index contributed by atoms with van der Waals surface area (Å²) in [5.74, 6) is -2.02. The maximum absolute atomic E-state index is 12.7. The Kier molecular flexibility index (Phi) is 4.99. The second-order valence-electron chi connectivity index (χ2n) is 4.82. The molecule has 1 heterocycles. The van der Waals surface area contributed by atoms with E-state index in [9.17, 15) is 9.59 Å². The minimum absolute atomic E-state index is 0.368. The Morgan fingerprint density at radius 3 is 2.73 bits per heavy atom. The lowest BCUT2D eigenvalue weighted by molar-refractivity contribution is -0.142. The van der Waals surface area contributed by atoms with Gasteiger partial charge in [-0.15, -0.1) is 0 Å². The summed E-state index contributed by atoms with van der Waals surface area (Å²) in [6.45, 7) is 4.21. The monoisotopic (exact) mass is 301 g/mol. The first-order valence-electron chi connectivity index (χ1n) is 7.07. The Hall–Kier alpha value is -2.56. The molecular weight excluding hydrogens is 282 g/mol. The van der Waals surface area contributed by atoms with Gasteiger partial charge in [0.15, 0.2) is 5.92 Å². The van der Waals surface area contributed by atoms with Crippen molar-refractivity contribution < 1.29 is 19.1 Å². The highest BCUT2D eigenvalue weighted by atomic mass is 16.5. The van der Waals surface area contributed by atoms with Crippen LogP contribution in [0.5, 0.6) is 0 Å². The normalized spacial score (nSPS) is 12.5. The third-order valence-electron chi connectivity index (χ3n) is 3.40. The SMILES string of the molecule is CCO/C=C/C(C(=O)OC)C(=O)n1cc(C)c2ccccc21. The molecule has 0 saturated carbocycles. The van der Waals surface area contributed by atoms with Crippen LogP contribution in [0.1, 0.15) is 17.3 Å². The fraction of sp³-hybridized carbons (Fsp3) is 0.294.